The molecule has 0 amide bonds. The molecule has 1 unspecified atom stereocenters. The van der Waals surface area contributed by atoms with E-state index >= 15 is 0 Å². The van der Waals surface area contributed by atoms with Gasteiger partial charge in [0, 0.05) is 24.3 Å². The standard InChI is InChI=1S/C23H30N2O2S/c1-16-13-17(2)22(18(3)14-16)28(26,27)24-21(23(4,5)6)15-25-12-11-19-9-7-8-10-20(19)25/h7-14,21,24H,15H2,1-6H3. The first-order valence-electron chi connectivity index (χ1n) is 9.63. The fourth-order valence-electron chi connectivity index (χ4n) is 3.82. The van der Waals surface area contributed by atoms with Gasteiger partial charge in [0.05, 0.1) is 4.90 Å². The molecule has 0 aliphatic heterocycles. The lowest BCUT2D eigenvalue weighted by Crippen LogP contribution is -2.46. The van der Waals surface area contributed by atoms with Crippen molar-refractivity contribution in [2.24, 2.45) is 5.41 Å². The summed E-state index contributed by atoms with van der Waals surface area (Å²) in [7, 11) is -3.64. The molecule has 1 aromatic heterocycles. The molecule has 0 bridgehead atoms. The summed E-state index contributed by atoms with van der Waals surface area (Å²) < 4.78 is 31.8. The number of aromatic nitrogens is 1. The van der Waals surface area contributed by atoms with Crippen LogP contribution in [0.2, 0.25) is 0 Å². The summed E-state index contributed by atoms with van der Waals surface area (Å²) in [5.74, 6) is 0. The second kappa shape index (κ2) is 7.37. The van der Waals surface area contributed by atoms with Gasteiger partial charge >= 0.3 is 0 Å². The molecule has 1 N–H and O–H groups in total. The molecule has 0 saturated heterocycles. The SMILES string of the molecule is Cc1cc(C)c(S(=O)(=O)NC(Cn2ccc3ccccc32)C(C)(C)C)c(C)c1. The molecule has 28 heavy (non-hydrogen) atoms. The van der Waals surface area contributed by atoms with Gasteiger partial charge in [-0.05, 0) is 54.8 Å². The van der Waals surface area contributed by atoms with Gasteiger partial charge in [0.15, 0.2) is 0 Å². The van der Waals surface area contributed by atoms with Crippen LogP contribution < -0.4 is 4.72 Å². The summed E-state index contributed by atoms with van der Waals surface area (Å²) in [5.41, 5.74) is 3.50. The maximum atomic E-state index is 13.3. The summed E-state index contributed by atoms with van der Waals surface area (Å²) in [4.78, 5) is 0.393. The van der Waals surface area contributed by atoms with E-state index in [2.05, 4.69) is 48.3 Å². The Balaban J connectivity index is 1.98. The largest absolute Gasteiger partial charge is 0.346 e. The number of aryl methyl sites for hydroxylation is 3. The molecule has 150 valence electrons. The number of fused-ring (bicyclic) bond motifs is 1. The molecule has 5 heteroatoms. The highest BCUT2D eigenvalue weighted by Gasteiger charge is 2.31. The van der Waals surface area contributed by atoms with Crippen LogP contribution in [0.1, 0.15) is 37.5 Å². The zero-order chi connectivity index (χ0) is 20.7. The third-order valence-corrected chi connectivity index (χ3v) is 7.05. The van der Waals surface area contributed by atoms with E-state index in [4.69, 9.17) is 0 Å². The minimum absolute atomic E-state index is 0.245. The lowest BCUT2D eigenvalue weighted by atomic mass is 9.87. The summed E-state index contributed by atoms with van der Waals surface area (Å²) >= 11 is 0. The molecule has 0 saturated carbocycles. The fraction of sp³-hybridized carbons (Fsp3) is 0.391. The summed E-state index contributed by atoms with van der Waals surface area (Å²) in [6, 6.07) is 13.8. The third-order valence-electron chi connectivity index (χ3n) is 5.28. The van der Waals surface area contributed by atoms with E-state index in [9.17, 15) is 8.42 Å². The minimum atomic E-state index is -3.64. The lowest BCUT2D eigenvalue weighted by Gasteiger charge is -2.32. The second-order valence-electron chi connectivity index (χ2n) is 8.79. The number of benzene rings is 2. The van der Waals surface area contributed by atoms with E-state index < -0.39 is 10.0 Å². The number of hydrogen-bond acceptors (Lipinski definition) is 2. The monoisotopic (exact) mass is 398 g/mol. The number of para-hydroxylation sites is 1. The average Bonchev–Trinajstić information content (AvgIpc) is 2.95. The molecule has 3 aromatic rings. The highest BCUT2D eigenvalue weighted by atomic mass is 32.2. The molecule has 0 aliphatic carbocycles. The number of rotatable bonds is 5. The van der Waals surface area contributed by atoms with Gasteiger partial charge in [-0.1, -0.05) is 56.7 Å². The Morgan fingerprint density at radius 1 is 1.00 bits per heavy atom. The normalized spacial score (nSPS) is 13.8. The second-order valence-corrected chi connectivity index (χ2v) is 10.4. The van der Waals surface area contributed by atoms with Gasteiger partial charge in [0.2, 0.25) is 10.0 Å². The molecular formula is C23H30N2O2S. The highest BCUT2D eigenvalue weighted by molar-refractivity contribution is 7.89. The average molecular weight is 399 g/mol. The molecule has 1 heterocycles. The van der Waals surface area contributed by atoms with Crippen LogP contribution in [0.4, 0.5) is 0 Å². The molecule has 0 fully saturated rings. The summed E-state index contributed by atoms with van der Waals surface area (Å²) in [6.45, 7) is 12.5. The van der Waals surface area contributed by atoms with Crippen LogP contribution >= 0.6 is 0 Å². The van der Waals surface area contributed by atoms with Crippen molar-refractivity contribution >= 4 is 20.9 Å². The Morgan fingerprint density at radius 3 is 2.21 bits per heavy atom. The molecule has 2 aromatic carbocycles. The smallest absolute Gasteiger partial charge is 0.241 e. The van der Waals surface area contributed by atoms with Crippen LogP contribution in [0.25, 0.3) is 10.9 Å². The van der Waals surface area contributed by atoms with Gasteiger partial charge in [-0.25, -0.2) is 13.1 Å². The highest BCUT2D eigenvalue weighted by Crippen LogP contribution is 2.27. The molecular weight excluding hydrogens is 368 g/mol. The summed E-state index contributed by atoms with van der Waals surface area (Å²) in [5, 5.41) is 1.16. The fourth-order valence-corrected chi connectivity index (χ4v) is 5.71. The lowest BCUT2D eigenvalue weighted by molar-refractivity contribution is 0.273. The van der Waals surface area contributed by atoms with E-state index in [1.807, 2.05) is 51.2 Å². The molecule has 0 spiro atoms. The Labute approximate surface area is 168 Å². The maximum absolute atomic E-state index is 13.3. The summed E-state index contributed by atoms with van der Waals surface area (Å²) in [6.07, 6.45) is 2.03. The van der Waals surface area contributed by atoms with Crippen LogP contribution in [-0.2, 0) is 16.6 Å². The van der Waals surface area contributed by atoms with Crippen LogP contribution in [0.5, 0.6) is 0 Å². The van der Waals surface area contributed by atoms with Crippen molar-refractivity contribution in [3.8, 4) is 0 Å². The van der Waals surface area contributed by atoms with Crippen molar-refractivity contribution in [1.82, 2.24) is 9.29 Å². The van der Waals surface area contributed by atoms with Crippen molar-refractivity contribution in [3.63, 3.8) is 0 Å². The third kappa shape index (κ3) is 4.15. The van der Waals surface area contributed by atoms with E-state index in [0.717, 1.165) is 27.6 Å². The Bertz CT molecular complexity index is 1080. The first-order chi connectivity index (χ1) is 13.0. The van der Waals surface area contributed by atoms with Crippen LogP contribution in [-0.4, -0.2) is 19.0 Å². The number of sulfonamides is 1. The van der Waals surface area contributed by atoms with Crippen molar-refractivity contribution in [3.05, 3.63) is 65.4 Å². The molecule has 3 rings (SSSR count). The van der Waals surface area contributed by atoms with Gasteiger partial charge in [-0.2, -0.15) is 0 Å². The first kappa shape index (κ1) is 20.6. The number of nitrogens with zero attached hydrogens (tertiary/aromatic N) is 1. The van der Waals surface area contributed by atoms with E-state index in [-0.39, 0.29) is 11.5 Å². The maximum Gasteiger partial charge on any atom is 0.241 e. The van der Waals surface area contributed by atoms with Crippen LogP contribution in [0.15, 0.2) is 53.6 Å². The predicted octanol–water partition coefficient (Wildman–Crippen LogP) is 4.96. The molecule has 1 atom stereocenters. The van der Waals surface area contributed by atoms with E-state index in [1.54, 1.807) is 0 Å². The first-order valence-corrected chi connectivity index (χ1v) is 11.1. The van der Waals surface area contributed by atoms with Crippen LogP contribution in [0, 0.1) is 26.2 Å². The Hall–Kier alpha value is -2.11. The van der Waals surface area contributed by atoms with E-state index in [0.29, 0.717) is 11.4 Å². The van der Waals surface area contributed by atoms with Crippen molar-refractivity contribution in [1.29, 1.82) is 0 Å². The van der Waals surface area contributed by atoms with Crippen molar-refractivity contribution in [2.45, 2.75) is 59.0 Å². The minimum Gasteiger partial charge on any atom is -0.346 e. The van der Waals surface area contributed by atoms with E-state index in [1.165, 1.54) is 0 Å². The van der Waals surface area contributed by atoms with Crippen molar-refractivity contribution < 1.29 is 8.42 Å². The topological polar surface area (TPSA) is 51.1 Å². The van der Waals surface area contributed by atoms with Gasteiger partial charge in [0.1, 0.15) is 0 Å². The van der Waals surface area contributed by atoms with Crippen LogP contribution in [0.3, 0.4) is 0 Å². The van der Waals surface area contributed by atoms with Gasteiger partial charge in [0.25, 0.3) is 0 Å². The van der Waals surface area contributed by atoms with Crippen molar-refractivity contribution in [2.75, 3.05) is 0 Å². The quantitative estimate of drug-likeness (QED) is 0.660. The zero-order valence-corrected chi connectivity index (χ0v) is 18.4. The molecule has 0 radical (unpaired) electrons. The van der Waals surface area contributed by atoms with Gasteiger partial charge in [-0.15, -0.1) is 0 Å². The Morgan fingerprint density at radius 2 is 1.61 bits per heavy atom. The number of nitrogens with one attached hydrogen (secondary N) is 1. The van der Waals surface area contributed by atoms with Gasteiger partial charge in [-0.3, -0.25) is 0 Å². The van der Waals surface area contributed by atoms with Gasteiger partial charge < -0.3 is 4.57 Å². The predicted molar refractivity (Wildman–Crippen MR) is 116 cm³/mol. The zero-order valence-electron chi connectivity index (χ0n) is 17.6. The molecule has 4 nitrogen and oxygen atoms in total. The molecule has 0 aliphatic rings. The Kier molecular flexibility index (Phi) is 5.43. The number of hydrogen-bond donors (Lipinski definition) is 1.